The number of nitrogens with zero attached hydrogens (tertiary/aromatic N) is 3. The third-order valence-electron chi connectivity index (χ3n) is 5.97. The minimum atomic E-state index is -0.508. The highest BCUT2D eigenvalue weighted by Crippen LogP contribution is 2.40. The SMILES string of the molecule is CCOC(=O)c1c(NC(=O)[C@H](C)Sc2nnc(CNC(=O)c3ccccc3OC)n2C)sc2c1CCC2. The Bertz CT molecular complexity index is 1320. The first-order valence-electron chi connectivity index (χ1n) is 11.9. The highest BCUT2D eigenvalue weighted by molar-refractivity contribution is 8.00. The number of amides is 2. The Labute approximate surface area is 223 Å². The Kier molecular flexibility index (Phi) is 8.49. The zero-order valence-electron chi connectivity index (χ0n) is 21.1. The van der Waals surface area contributed by atoms with Gasteiger partial charge in [-0.3, -0.25) is 9.59 Å². The average molecular weight is 544 g/mol. The summed E-state index contributed by atoms with van der Waals surface area (Å²) < 4.78 is 12.2. The molecule has 0 saturated carbocycles. The summed E-state index contributed by atoms with van der Waals surface area (Å²) in [6.07, 6.45) is 2.72. The number of rotatable bonds is 10. The summed E-state index contributed by atoms with van der Waals surface area (Å²) in [6, 6.07) is 6.96. The van der Waals surface area contributed by atoms with Crippen molar-refractivity contribution in [2.75, 3.05) is 19.0 Å². The van der Waals surface area contributed by atoms with Crippen LogP contribution in [0.15, 0.2) is 29.4 Å². The Hall–Kier alpha value is -3.38. The van der Waals surface area contributed by atoms with E-state index >= 15 is 0 Å². The molecule has 0 radical (unpaired) electrons. The molecule has 0 unspecified atom stereocenters. The second-order valence-corrected chi connectivity index (χ2v) is 10.8. The number of aromatic nitrogens is 3. The van der Waals surface area contributed by atoms with Gasteiger partial charge in [-0.2, -0.15) is 0 Å². The number of thiophene rings is 1. The van der Waals surface area contributed by atoms with Gasteiger partial charge in [0.05, 0.1) is 36.6 Å². The van der Waals surface area contributed by atoms with Gasteiger partial charge in [0, 0.05) is 11.9 Å². The maximum Gasteiger partial charge on any atom is 0.341 e. The molecule has 0 aliphatic heterocycles. The van der Waals surface area contributed by atoms with Crippen molar-refractivity contribution in [3.8, 4) is 5.75 Å². The number of hydrogen-bond donors (Lipinski definition) is 2. The number of anilines is 1. The van der Waals surface area contributed by atoms with Gasteiger partial charge in [-0.25, -0.2) is 4.79 Å². The summed E-state index contributed by atoms with van der Waals surface area (Å²) in [5, 5.41) is 14.7. The van der Waals surface area contributed by atoms with Gasteiger partial charge in [-0.1, -0.05) is 23.9 Å². The molecular formula is C25H29N5O5S2. The topological polar surface area (TPSA) is 124 Å². The molecule has 2 heterocycles. The van der Waals surface area contributed by atoms with Gasteiger partial charge in [-0.15, -0.1) is 21.5 Å². The number of para-hydroxylation sites is 1. The van der Waals surface area contributed by atoms with E-state index < -0.39 is 11.2 Å². The van der Waals surface area contributed by atoms with Gasteiger partial charge in [0.2, 0.25) is 5.91 Å². The largest absolute Gasteiger partial charge is 0.496 e. The van der Waals surface area contributed by atoms with Crippen molar-refractivity contribution in [3.63, 3.8) is 0 Å². The number of hydrogen-bond acceptors (Lipinski definition) is 9. The molecule has 1 atom stereocenters. The third-order valence-corrected chi connectivity index (χ3v) is 8.31. The first-order valence-corrected chi connectivity index (χ1v) is 13.6. The summed E-state index contributed by atoms with van der Waals surface area (Å²) in [6.45, 7) is 3.96. The van der Waals surface area contributed by atoms with E-state index in [-0.39, 0.29) is 25.0 Å². The lowest BCUT2D eigenvalue weighted by Gasteiger charge is -2.12. The van der Waals surface area contributed by atoms with Crippen LogP contribution in [0, 0.1) is 0 Å². The third kappa shape index (κ3) is 5.80. The molecule has 2 aromatic heterocycles. The van der Waals surface area contributed by atoms with E-state index in [9.17, 15) is 14.4 Å². The van der Waals surface area contributed by atoms with E-state index in [1.165, 1.54) is 30.2 Å². The number of benzene rings is 1. The zero-order valence-corrected chi connectivity index (χ0v) is 22.8. The summed E-state index contributed by atoms with van der Waals surface area (Å²) in [5.41, 5.74) is 1.90. The Morgan fingerprint density at radius 3 is 2.76 bits per heavy atom. The van der Waals surface area contributed by atoms with Gasteiger partial charge in [0.1, 0.15) is 10.8 Å². The zero-order chi connectivity index (χ0) is 26.5. The van der Waals surface area contributed by atoms with Gasteiger partial charge >= 0.3 is 5.97 Å². The van der Waals surface area contributed by atoms with Crippen LogP contribution < -0.4 is 15.4 Å². The molecule has 4 rings (SSSR count). The number of carbonyl (C=O) groups excluding carboxylic acids is 3. The summed E-state index contributed by atoms with van der Waals surface area (Å²) in [7, 11) is 3.29. The van der Waals surface area contributed by atoms with Gasteiger partial charge < -0.3 is 24.7 Å². The number of fused-ring (bicyclic) bond motifs is 1. The fourth-order valence-electron chi connectivity index (χ4n) is 4.03. The number of thioether (sulfide) groups is 1. The lowest BCUT2D eigenvalue weighted by molar-refractivity contribution is -0.115. The average Bonchev–Trinajstić information content (AvgIpc) is 3.57. The van der Waals surface area contributed by atoms with Crippen molar-refractivity contribution < 1.29 is 23.9 Å². The van der Waals surface area contributed by atoms with Gasteiger partial charge in [0.15, 0.2) is 11.0 Å². The molecule has 1 aliphatic rings. The van der Waals surface area contributed by atoms with Crippen LogP contribution in [0.3, 0.4) is 0 Å². The second-order valence-electron chi connectivity index (χ2n) is 8.37. The Morgan fingerprint density at radius 2 is 2.00 bits per heavy atom. The van der Waals surface area contributed by atoms with Crippen molar-refractivity contribution in [1.29, 1.82) is 0 Å². The van der Waals surface area contributed by atoms with Crippen LogP contribution in [-0.4, -0.2) is 51.5 Å². The molecule has 2 N–H and O–H groups in total. The number of carbonyl (C=O) groups is 3. The van der Waals surface area contributed by atoms with E-state index in [0.717, 1.165) is 29.7 Å². The minimum absolute atomic E-state index is 0.158. The standard InChI is InChI=1S/C25H29N5O5S2/c1-5-35-24(33)20-16-10-8-12-18(16)37-23(20)27-21(31)14(2)36-25-29-28-19(30(25)3)13-26-22(32)15-9-6-7-11-17(15)34-4/h6-7,9,11,14H,5,8,10,12-13H2,1-4H3,(H,26,32)(H,27,31)/t14-/m0/s1. The van der Waals surface area contributed by atoms with Crippen LogP contribution >= 0.6 is 23.1 Å². The normalized spacial score (nSPS) is 13.1. The van der Waals surface area contributed by atoms with E-state index in [2.05, 4.69) is 20.8 Å². The quantitative estimate of drug-likeness (QED) is 0.294. The lowest BCUT2D eigenvalue weighted by Crippen LogP contribution is -2.25. The first kappa shape index (κ1) is 26.7. The monoisotopic (exact) mass is 543 g/mol. The Morgan fingerprint density at radius 1 is 1.22 bits per heavy atom. The van der Waals surface area contributed by atoms with Crippen LogP contribution in [0.4, 0.5) is 5.00 Å². The molecule has 0 fully saturated rings. The van der Waals surface area contributed by atoms with E-state index in [1.54, 1.807) is 49.7 Å². The number of nitrogens with one attached hydrogen (secondary N) is 2. The highest BCUT2D eigenvalue weighted by Gasteiger charge is 2.29. The summed E-state index contributed by atoms with van der Waals surface area (Å²) >= 11 is 2.69. The van der Waals surface area contributed by atoms with Crippen LogP contribution in [0.5, 0.6) is 5.75 Å². The molecule has 2 amide bonds. The molecule has 12 heteroatoms. The molecule has 3 aromatic rings. The number of methoxy groups -OCH3 is 1. The fraction of sp³-hybridized carbons (Fsp3) is 0.400. The maximum absolute atomic E-state index is 13.0. The molecule has 0 bridgehead atoms. The number of aryl methyl sites for hydroxylation is 1. The van der Waals surface area contributed by atoms with Gasteiger partial charge in [0.25, 0.3) is 5.91 Å². The molecule has 1 aromatic carbocycles. The maximum atomic E-state index is 13.0. The van der Waals surface area contributed by atoms with Gasteiger partial charge in [-0.05, 0) is 50.8 Å². The lowest BCUT2D eigenvalue weighted by atomic mass is 10.1. The second kappa shape index (κ2) is 11.8. The van der Waals surface area contributed by atoms with E-state index in [4.69, 9.17) is 9.47 Å². The predicted molar refractivity (Wildman–Crippen MR) is 141 cm³/mol. The van der Waals surface area contributed by atoms with Crippen LogP contribution in [0.2, 0.25) is 0 Å². The summed E-state index contributed by atoms with van der Waals surface area (Å²) in [4.78, 5) is 39.3. The van der Waals surface area contributed by atoms with Crippen LogP contribution in [-0.2, 0) is 36.0 Å². The van der Waals surface area contributed by atoms with Crippen molar-refractivity contribution >= 4 is 45.9 Å². The number of esters is 1. The van der Waals surface area contributed by atoms with Crippen LogP contribution in [0.25, 0.3) is 0 Å². The Balaban J connectivity index is 1.39. The molecule has 196 valence electrons. The molecule has 10 nitrogen and oxygen atoms in total. The van der Waals surface area contributed by atoms with Crippen molar-refractivity contribution in [1.82, 2.24) is 20.1 Å². The first-order chi connectivity index (χ1) is 17.8. The summed E-state index contributed by atoms with van der Waals surface area (Å²) in [5.74, 6) is 0.0894. The highest BCUT2D eigenvalue weighted by atomic mass is 32.2. The molecule has 37 heavy (non-hydrogen) atoms. The van der Waals surface area contributed by atoms with Crippen molar-refractivity contribution in [2.24, 2.45) is 7.05 Å². The molecular weight excluding hydrogens is 514 g/mol. The van der Waals surface area contributed by atoms with Crippen molar-refractivity contribution in [2.45, 2.75) is 50.1 Å². The molecule has 0 spiro atoms. The van der Waals surface area contributed by atoms with Crippen molar-refractivity contribution in [3.05, 3.63) is 51.7 Å². The number of ether oxygens (including phenoxy) is 2. The van der Waals surface area contributed by atoms with Crippen LogP contribution in [0.1, 0.15) is 57.2 Å². The van der Waals surface area contributed by atoms with E-state index in [1.807, 2.05) is 0 Å². The smallest absolute Gasteiger partial charge is 0.341 e. The molecule has 0 saturated heterocycles. The van der Waals surface area contributed by atoms with E-state index in [0.29, 0.717) is 32.9 Å². The minimum Gasteiger partial charge on any atom is -0.496 e. The fourth-order valence-corrected chi connectivity index (χ4v) is 6.14. The molecule has 1 aliphatic carbocycles. The predicted octanol–water partition coefficient (Wildman–Crippen LogP) is 3.60.